The molecule has 0 aliphatic carbocycles. The lowest BCUT2D eigenvalue weighted by Gasteiger charge is -2.46. The normalized spacial score (nSPS) is 31.5. The summed E-state index contributed by atoms with van der Waals surface area (Å²) in [6, 6.07) is 0. The molecule has 0 unspecified atom stereocenters. The fraction of sp³-hybridized carbons (Fsp3) is 1.00. The van der Waals surface area contributed by atoms with Gasteiger partial charge in [-0.05, 0) is 6.92 Å². The van der Waals surface area contributed by atoms with Crippen LogP contribution in [0.25, 0.3) is 0 Å². The third-order valence-electron chi connectivity index (χ3n) is 1.35. The van der Waals surface area contributed by atoms with Crippen LogP contribution in [0, 0.1) is 0 Å². The van der Waals surface area contributed by atoms with Crippen molar-refractivity contribution in [2.24, 2.45) is 27.3 Å². The molecule has 0 bridgehead atoms. The van der Waals surface area contributed by atoms with E-state index in [1.54, 1.807) is 6.92 Å². The predicted octanol–water partition coefficient (Wildman–Crippen LogP) is -4.89. The van der Waals surface area contributed by atoms with E-state index in [4.69, 9.17) is 27.3 Å². The molecule has 1 aliphatic rings. The van der Waals surface area contributed by atoms with E-state index in [2.05, 4.69) is 14.6 Å². The summed E-state index contributed by atoms with van der Waals surface area (Å²) in [5, 5.41) is 22.7. The van der Waals surface area contributed by atoms with Gasteiger partial charge in [0, 0.05) is 0 Å². The van der Waals surface area contributed by atoms with Gasteiger partial charge in [-0.1, -0.05) is 0 Å². The molecule has 0 amide bonds. The molecule has 0 spiro atoms. The summed E-state index contributed by atoms with van der Waals surface area (Å²) >= 11 is 0. The Kier molecular flexibility index (Phi) is 2.17. The van der Waals surface area contributed by atoms with Gasteiger partial charge in [0.1, 0.15) is 5.79 Å². The van der Waals surface area contributed by atoms with Crippen LogP contribution in [-0.2, 0) is 0 Å². The molecule has 0 saturated carbocycles. The van der Waals surface area contributed by atoms with Crippen LogP contribution in [0.4, 0.5) is 0 Å². The molecule has 0 atom stereocenters. The summed E-state index contributed by atoms with van der Waals surface area (Å²) in [6.07, 6.45) is 0. The SMILES string of the molecule is CC1(N)N[Si](N)(N)N[Si](N)(N)N1. The monoisotopic (exact) mass is 208 g/mol. The van der Waals surface area contributed by atoms with Gasteiger partial charge in [-0.2, -0.15) is 0 Å². The number of nitrogens with two attached hydrogens (primary N) is 5. The van der Waals surface area contributed by atoms with E-state index in [9.17, 15) is 0 Å². The number of nitrogens with one attached hydrogen (secondary N) is 3. The Morgan fingerprint density at radius 1 is 1.00 bits per heavy atom. The molecule has 0 radical (unpaired) electrons. The molecular formula is C2H16N8Si2. The Labute approximate surface area is 72.8 Å². The first-order chi connectivity index (χ1) is 5.12. The van der Waals surface area contributed by atoms with Crippen molar-refractivity contribution < 1.29 is 0 Å². The van der Waals surface area contributed by atoms with Gasteiger partial charge in [-0.25, -0.2) is 0 Å². The topological polar surface area (TPSA) is 166 Å². The lowest BCUT2D eigenvalue weighted by molar-refractivity contribution is 0.381. The molecule has 72 valence electrons. The molecule has 0 aromatic carbocycles. The summed E-state index contributed by atoms with van der Waals surface area (Å²) in [5.74, 6) is -0.892. The molecule has 0 aromatic rings. The second-order valence-electron chi connectivity index (χ2n) is 3.32. The van der Waals surface area contributed by atoms with E-state index >= 15 is 0 Å². The lowest BCUT2D eigenvalue weighted by Crippen LogP contribution is -3.01. The fourth-order valence-corrected chi connectivity index (χ4v) is 6.50. The number of hydrogen-bond donors (Lipinski definition) is 8. The summed E-state index contributed by atoms with van der Waals surface area (Å²) in [4.78, 5) is 5.62. The van der Waals surface area contributed by atoms with Crippen LogP contribution in [-0.4, -0.2) is 23.2 Å². The molecule has 13 N–H and O–H groups in total. The van der Waals surface area contributed by atoms with Gasteiger partial charge in [0.25, 0.3) is 0 Å². The highest BCUT2D eigenvalue weighted by Crippen LogP contribution is 1.96. The zero-order valence-corrected chi connectivity index (χ0v) is 8.89. The third kappa shape index (κ3) is 2.56. The van der Waals surface area contributed by atoms with Crippen molar-refractivity contribution in [1.82, 2.24) is 14.6 Å². The van der Waals surface area contributed by atoms with Gasteiger partial charge in [-0.3, -0.25) is 14.6 Å². The summed E-state index contributed by atoms with van der Waals surface area (Å²) in [7, 11) is -5.47. The highest BCUT2D eigenvalue weighted by molar-refractivity contribution is 6.86. The molecule has 10 heteroatoms. The number of hydrogen-bond acceptors (Lipinski definition) is 8. The summed E-state index contributed by atoms with van der Waals surface area (Å²) in [5.41, 5.74) is 5.72. The molecule has 1 saturated heterocycles. The van der Waals surface area contributed by atoms with Crippen molar-refractivity contribution in [3.63, 3.8) is 0 Å². The predicted molar refractivity (Wildman–Crippen MR) is 50.3 cm³/mol. The van der Waals surface area contributed by atoms with Crippen LogP contribution < -0.4 is 41.9 Å². The van der Waals surface area contributed by atoms with Crippen molar-refractivity contribution >= 4 is 17.4 Å². The number of rotatable bonds is 0. The molecule has 8 nitrogen and oxygen atoms in total. The average molecular weight is 208 g/mol. The van der Waals surface area contributed by atoms with Crippen LogP contribution in [0.3, 0.4) is 0 Å². The molecule has 1 heterocycles. The second kappa shape index (κ2) is 2.55. The smallest absolute Gasteiger partial charge is 0.314 e. The van der Waals surface area contributed by atoms with Crippen LogP contribution in [0.15, 0.2) is 0 Å². The first-order valence-electron chi connectivity index (χ1n) is 3.44. The maximum absolute atomic E-state index is 5.72. The molecule has 1 fully saturated rings. The molecule has 1 rings (SSSR count). The average Bonchev–Trinajstić information content (AvgIpc) is 1.44. The van der Waals surface area contributed by atoms with Crippen molar-refractivity contribution in [2.45, 2.75) is 12.7 Å². The van der Waals surface area contributed by atoms with E-state index in [1.807, 2.05) is 0 Å². The largest absolute Gasteiger partial charge is 0.359 e. The van der Waals surface area contributed by atoms with Crippen LogP contribution in [0.5, 0.6) is 0 Å². The van der Waals surface area contributed by atoms with Crippen LogP contribution in [0.2, 0.25) is 0 Å². The lowest BCUT2D eigenvalue weighted by atomic mass is 10.5. The van der Waals surface area contributed by atoms with Crippen LogP contribution in [0.1, 0.15) is 6.92 Å². The van der Waals surface area contributed by atoms with Gasteiger partial charge in [-0.15, -0.1) is 0 Å². The zero-order valence-electron chi connectivity index (χ0n) is 6.89. The minimum atomic E-state index is -2.74. The van der Waals surface area contributed by atoms with Crippen molar-refractivity contribution in [1.29, 1.82) is 0 Å². The van der Waals surface area contributed by atoms with Crippen molar-refractivity contribution in [3.05, 3.63) is 0 Å². The van der Waals surface area contributed by atoms with E-state index < -0.39 is 23.2 Å². The third-order valence-corrected chi connectivity index (χ3v) is 6.52. The maximum Gasteiger partial charge on any atom is 0.359 e. The highest BCUT2D eigenvalue weighted by atomic mass is 28.4. The summed E-state index contributed by atoms with van der Waals surface area (Å²) < 4.78 is 2.77. The van der Waals surface area contributed by atoms with E-state index in [-0.39, 0.29) is 0 Å². The minimum absolute atomic E-state index is 0.892. The molecule has 12 heavy (non-hydrogen) atoms. The van der Waals surface area contributed by atoms with Gasteiger partial charge < -0.3 is 27.3 Å². The second-order valence-corrected chi connectivity index (χ2v) is 8.29. The quantitative estimate of drug-likeness (QED) is 0.183. The Morgan fingerprint density at radius 3 is 1.58 bits per heavy atom. The first-order valence-corrected chi connectivity index (χ1v) is 7.75. The summed E-state index contributed by atoms with van der Waals surface area (Å²) in [6.45, 7) is 1.68. The first kappa shape index (κ1) is 10.2. The van der Waals surface area contributed by atoms with Crippen molar-refractivity contribution in [3.8, 4) is 0 Å². The zero-order chi connectivity index (χ0) is 9.62. The standard InChI is InChI=1S/C2H16N8Si2/c1-2(3)8-11(4,5)10-12(6,7)9-2/h8-10H,3-7H2,1H3. The Bertz CT molecular complexity index is 142. The maximum atomic E-state index is 5.72. The van der Waals surface area contributed by atoms with Gasteiger partial charge in [0.15, 0.2) is 0 Å². The van der Waals surface area contributed by atoms with Crippen LogP contribution >= 0.6 is 0 Å². The van der Waals surface area contributed by atoms with E-state index in [0.29, 0.717) is 0 Å². The van der Waals surface area contributed by atoms with Gasteiger partial charge in [0.2, 0.25) is 0 Å². The highest BCUT2D eigenvalue weighted by Gasteiger charge is 2.48. The van der Waals surface area contributed by atoms with Gasteiger partial charge in [0.05, 0.1) is 0 Å². The fourth-order valence-electron chi connectivity index (χ4n) is 1.30. The Hall–Kier alpha value is 0.114. The van der Waals surface area contributed by atoms with E-state index in [0.717, 1.165) is 0 Å². The van der Waals surface area contributed by atoms with E-state index in [1.165, 1.54) is 0 Å². The molecule has 0 aromatic heterocycles. The Balaban J connectivity index is 2.81. The molecule has 1 aliphatic heterocycles. The molecular weight excluding hydrogens is 192 g/mol. The van der Waals surface area contributed by atoms with Crippen molar-refractivity contribution in [2.75, 3.05) is 0 Å². The van der Waals surface area contributed by atoms with Gasteiger partial charge >= 0.3 is 17.4 Å². The minimum Gasteiger partial charge on any atom is -0.314 e. The Morgan fingerprint density at radius 2 is 1.33 bits per heavy atom.